The Morgan fingerprint density at radius 2 is 2.13 bits per heavy atom. The summed E-state index contributed by atoms with van der Waals surface area (Å²) in [5, 5.41) is 1.30. The lowest BCUT2D eigenvalue weighted by atomic mass is 10.0. The quantitative estimate of drug-likeness (QED) is 0.785. The largest absolute Gasteiger partial charge is 0.361 e. The third-order valence-electron chi connectivity index (χ3n) is 3.42. The predicted octanol–water partition coefficient (Wildman–Crippen LogP) is 2.59. The first-order valence-electron chi connectivity index (χ1n) is 5.60. The molecule has 15 heavy (non-hydrogen) atoms. The summed E-state index contributed by atoms with van der Waals surface area (Å²) in [5.74, 6) is 0. The highest BCUT2D eigenvalue weighted by molar-refractivity contribution is 5.79. The Morgan fingerprint density at radius 3 is 2.93 bits per heavy atom. The molecule has 1 aliphatic carbocycles. The molecular weight excluding hydrogens is 184 g/mol. The molecule has 2 aromatic rings. The molecule has 1 saturated carbocycles. The zero-order valence-corrected chi connectivity index (χ0v) is 8.79. The molecule has 0 spiro atoms. The lowest BCUT2D eigenvalue weighted by Crippen LogP contribution is -2.22. The van der Waals surface area contributed by atoms with Gasteiger partial charge in [-0.1, -0.05) is 6.07 Å². The van der Waals surface area contributed by atoms with Crippen molar-refractivity contribution in [3.63, 3.8) is 0 Å². The number of aromatic nitrogens is 1. The molecule has 1 aromatic carbocycles. The van der Waals surface area contributed by atoms with Crippen LogP contribution in [0.25, 0.3) is 10.9 Å². The number of hydrogen-bond donors (Lipinski definition) is 2. The maximum absolute atomic E-state index is 6.08. The van der Waals surface area contributed by atoms with Gasteiger partial charge < -0.3 is 10.7 Å². The van der Waals surface area contributed by atoms with Crippen LogP contribution in [0.5, 0.6) is 0 Å². The molecular formula is C13H16N2. The van der Waals surface area contributed by atoms with Gasteiger partial charge >= 0.3 is 0 Å². The molecule has 0 saturated heterocycles. The van der Waals surface area contributed by atoms with E-state index < -0.39 is 0 Å². The second-order valence-electron chi connectivity index (χ2n) is 4.76. The minimum atomic E-state index is 0.174. The van der Waals surface area contributed by atoms with Gasteiger partial charge in [0.05, 0.1) is 0 Å². The molecule has 1 aromatic heterocycles. The zero-order valence-electron chi connectivity index (χ0n) is 8.79. The van der Waals surface area contributed by atoms with Crippen LogP contribution in [0.15, 0.2) is 30.5 Å². The van der Waals surface area contributed by atoms with Crippen LogP contribution in [0.2, 0.25) is 0 Å². The van der Waals surface area contributed by atoms with Gasteiger partial charge in [0.25, 0.3) is 0 Å². The summed E-state index contributed by atoms with van der Waals surface area (Å²) in [4.78, 5) is 3.21. The second kappa shape index (κ2) is 3.11. The molecule has 1 heterocycles. The van der Waals surface area contributed by atoms with E-state index >= 15 is 0 Å². The summed E-state index contributed by atoms with van der Waals surface area (Å²) in [6, 6.07) is 8.73. The van der Waals surface area contributed by atoms with Crippen LogP contribution in [-0.2, 0) is 6.42 Å². The highest BCUT2D eigenvalue weighted by Gasteiger charge is 2.37. The monoisotopic (exact) mass is 200 g/mol. The zero-order chi connectivity index (χ0) is 10.3. The fourth-order valence-corrected chi connectivity index (χ4v) is 2.06. The van der Waals surface area contributed by atoms with E-state index in [2.05, 4.69) is 29.2 Å². The number of nitrogens with one attached hydrogen (secondary N) is 1. The molecule has 0 amide bonds. The van der Waals surface area contributed by atoms with Crippen LogP contribution in [0, 0.1) is 0 Å². The van der Waals surface area contributed by atoms with E-state index in [9.17, 15) is 0 Å². The Balaban J connectivity index is 1.78. The van der Waals surface area contributed by atoms with Gasteiger partial charge in [-0.25, -0.2) is 0 Å². The summed E-state index contributed by atoms with van der Waals surface area (Å²) >= 11 is 0. The predicted molar refractivity (Wildman–Crippen MR) is 62.8 cm³/mol. The number of H-pyrrole nitrogens is 1. The van der Waals surface area contributed by atoms with Crippen LogP contribution in [0.1, 0.15) is 24.8 Å². The van der Waals surface area contributed by atoms with Gasteiger partial charge in [-0.2, -0.15) is 0 Å². The molecule has 3 rings (SSSR count). The molecule has 0 unspecified atom stereocenters. The van der Waals surface area contributed by atoms with Gasteiger partial charge in [-0.15, -0.1) is 0 Å². The van der Waals surface area contributed by atoms with Gasteiger partial charge in [0.15, 0.2) is 0 Å². The molecule has 78 valence electrons. The SMILES string of the molecule is NC1(CCc2ccc3[nH]ccc3c2)CC1. The number of benzene rings is 1. The average molecular weight is 200 g/mol. The Labute approximate surface area is 89.5 Å². The molecule has 2 nitrogen and oxygen atoms in total. The molecule has 0 radical (unpaired) electrons. The smallest absolute Gasteiger partial charge is 0.0454 e. The van der Waals surface area contributed by atoms with Crippen molar-refractivity contribution in [3.8, 4) is 0 Å². The average Bonchev–Trinajstić information content (AvgIpc) is 2.80. The first-order chi connectivity index (χ1) is 7.25. The summed E-state index contributed by atoms with van der Waals surface area (Å²) < 4.78 is 0. The van der Waals surface area contributed by atoms with Gasteiger partial charge in [-0.05, 0) is 54.8 Å². The summed E-state index contributed by atoms with van der Waals surface area (Å²) in [6.07, 6.45) is 6.64. The number of fused-ring (bicyclic) bond motifs is 1. The van der Waals surface area contributed by atoms with Crippen molar-refractivity contribution in [2.45, 2.75) is 31.2 Å². The number of nitrogens with two attached hydrogens (primary N) is 1. The normalized spacial score (nSPS) is 18.2. The lowest BCUT2D eigenvalue weighted by Gasteiger charge is -2.07. The first-order valence-corrected chi connectivity index (χ1v) is 5.60. The number of rotatable bonds is 3. The molecule has 1 fully saturated rings. The van der Waals surface area contributed by atoms with E-state index in [1.807, 2.05) is 6.20 Å². The van der Waals surface area contributed by atoms with Crippen molar-refractivity contribution in [2.75, 3.05) is 0 Å². The van der Waals surface area contributed by atoms with E-state index in [1.54, 1.807) is 0 Å². The molecule has 2 heteroatoms. The Morgan fingerprint density at radius 1 is 1.27 bits per heavy atom. The minimum Gasteiger partial charge on any atom is -0.361 e. The highest BCUT2D eigenvalue weighted by atomic mass is 14.8. The van der Waals surface area contributed by atoms with Crippen molar-refractivity contribution in [1.82, 2.24) is 4.98 Å². The highest BCUT2D eigenvalue weighted by Crippen LogP contribution is 2.36. The van der Waals surface area contributed by atoms with Crippen LogP contribution in [-0.4, -0.2) is 10.5 Å². The summed E-state index contributed by atoms with van der Waals surface area (Å²) in [5.41, 5.74) is 8.87. The maximum atomic E-state index is 6.08. The Hall–Kier alpha value is -1.28. The third-order valence-corrected chi connectivity index (χ3v) is 3.42. The van der Waals surface area contributed by atoms with Crippen molar-refractivity contribution in [2.24, 2.45) is 5.73 Å². The Bertz CT molecular complexity index is 480. The molecule has 0 bridgehead atoms. The molecule has 3 N–H and O–H groups in total. The van der Waals surface area contributed by atoms with E-state index in [0.29, 0.717) is 0 Å². The summed E-state index contributed by atoms with van der Waals surface area (Å²) in [6.45, 7) is 0. The lowest BCUT2D eigenvalue weighted by molar-refractivity contribution is 0.609. The Kier molecular flexibility index (Phi) is 1.86. The van der Waals surface area contributed by atoms with Gasteiger partial charge in [0.2, 0.25) is 0 Å². The van der Waals surface area contributed by atoms with Crippen LogP contribution in [0.3, 0.4) is 0 Å². The van der Waals surface area contributed by atoms with Crippen molar-refractivity contribution < 1.29 is 0 Å². The fourth-order valence-electron chi connectivity index (χ4n) is 2.06. The van der Waals surface area contributed by atoms with E-state index in [-0.39, 0.29) is 5.54 Å². The first kappa shape index (κ1) is 8.98. The van der Waals surface area contributed by atoms with Crippen LogP contribution >= 0.6 is 0 Å². The molecule has 0 aliphatic heterocycles. The van der Waals surface area contributed by atoms with Crippen molar-refractivity contribution in [1.29, 1.82) is 0 Å². The van der Waals surface area contributed by atoms with E-state index in [1.165, 1.54) is 29.3 Å². The molecule has 0 atom stereocenters. The van der Waals surface area contributed by atoms with E-state index in [4.69, 9.17) is 5.73 Å². The van der Waals surface area contributed by atoms with Crippen molar-refractivity contribution in [3.05, 3.63) is 36.0 Å². The van der Waals surface area contributed by atoms with Crippen molar-refractivity contribution >= 4 is 10.9 Å². The fraction of sp³-hybridized carbons (Fsp3) is 0.385. The number of aromatic amines is 1. The van der Waals surface area contributed by atoms with Crippen LogP contribution < -0.4 is 5.73 Å². The minimum absolute atomic E-state index is 0.174. The van der Waals surface area contributed by atoms with Gasteiger partial charge in [-0.3, -0.25) is 0 Å². The number of aryl methyl sites for hydroxylation is 1. The van der Waals surface area contributed by atoms with Gasteiger partial charge in [0.1, 0.15) is 0 Å². The topological polar surface area (TPSA) is 41.8 Å². The standard InChI is InChI=1S/C13H16N2/c14-13(6-7-13)5-3-10-1-2-12-11(9-10)4-8-15-12/h1-2,4,8-9,15H,3,5-7,14H2. The number of hydrogen-bond acceptors (Lipinski definition) is 1. The van der Waals surface area contributed by atoms with E-state index in [0.717, 1.165) is 12.8 Å². The second-order valence-corrected chi connectivity index (χ2v) is 4.76. The van der Waals surface area contributed by atoms with Crippen LogP contribution in [0.4, 0.5) is 0 Å². The maximum Gasteiger partial charge on any atom is 0.0454 e. The summed E-state index contributed by atoms with van der Waals surface area (Å²) in [7, 11) is 0. The van der Waals surface area contributed by atoms with Gasteiger partial charge in [0, 0.05) is 17.3 Å². The third kappa shape index (κ3) is 1.77. The molecule has 1 aliphatic rings.